The van der Waals surface area contributed by atoms with Gasteiger partial charge in [0, 0.05) is 24.7 Å². The van der Waals surface area contributed by atoms with Gasteiger partial charge in [0.25, 0.3) is 5.91 Å². The summed E-state index contributed by atoms with van der Waals surface area (Å²) in [6, 6.07) is 11.2. The van der Waals surface area contributed by atoms with Gasteiger partial charge in [0.15, 0.2) is 0 Å². The number of rotatable bonds is 4. The summed E-state index contributed by atoms with van der Waals surface area (Å²) in [6.45, 7) is 0.526. The molecule has 2 aromatic heterocycles. The molecule has 2 heterocycles. The van der Waals surface area contributed by atoms with Gasteiger partial charge < -0.3 is 10.3 Å². The van der Waals surface area contributed by atoms with E-state index < -0.39 is 0 Å². The molecule has 0 fully saturated rings. The maximum absolute atomic E-state index is 12.0. The Morgan fingerprint density at radius 3 is 2.95 bits per heavy atom. The van der Waals surface area contributed by atoms with Gasteiger partial charge in [-0.3, -0.25) is 4.79 Å². The van der Waals surface area contributed by atoms with E-state index in [1.165, 1.54) is 0 Å². The molecule has 0 unspecified atom stereocenters. The number of carbonyl (C=O) groups excluding carboxylic acids is 1. The molecule has 5 nitrogen and oxygen atoms in total. The number of hydrogen-bond donors (Lipinski definition) is 2. The fourth-order valence-corrected chi connectivity index (χ4v) is 2.43. The first-order valence-electron chi connectivity index (χ1n) is 6.56. The number of amides is 1. The van der Waals surface area contributed by atoms with Crippen molar-refractivity contribution in [2.75, 3.05) is 6.54 Å². The highest BCUT2D eigenvalue weighted by molar-refractivity contribution is 9.10. The number of hydrogen-bond acceptors (Lipinski definition) is 3. The maximum Gasteiger partial charge on any atom is 0.251 e. The second-order valence-corrected chi connectivity index (χ2v) is 5.39. The second kappa shape index (κ2) is 6.05. The fraction of sp³-hybridized carbons (Fsp3) is 0.133. The number of aromatic amines is 1. The molecule has 2 N–H and O–H groups in total. The van der Waals surface area contributed by atoms with Gasteiger partial charge in [-0.2, -0.15) is 0 Å². The van der Waals surface area contributed by atoms with Gasteiger partial charge in [-0.1, -0.05) is 12.1 Å². The molecule has 3 rings (SSSR count). The molecular formula is C15H13BrN4O. The van der Waals surface area contributed by atoms with Crippen molar-refractivity contribution in [1.29, 1.82) is 0 Å². The minimum Gasteiger partial charge on any atom is -0.352 e. The van der Waals surface area contributed by atoms with Crippen LogP contribution in [0.2, 0.25) is 0 Å². The number of imidazole rings is 1. The molecule has 0 bridgehead atoms. The van der Waals surface area contributed by atoms with E-state index in [0.29, 0.717) is 23.1 Å². The second-order valence-electron chi connectivity index (χ2n) is 4.57. The first-order chi connectivity index (χ1) is 10.2. The molecule has 106 valence electrons. The zero-order valence-corrected chi connectivity index (χ0v) is 12.7. The summed E-state index contributed by atoms with van der Waals surface area (Å²) in [7, 11) is 0. The summed E-state index contributed by atoms with van der Waals surface area (Å²) in [5.74, 6) is 0.752. The third-order valence-corrected chi connectivity index (χ3v) is 3.51. The number of H-pyrrole nitrogens is 1. The van der Waals surface area contributed by atoms with Crippen LogP contribution in [0.5, 0.6) is 0 Å². The lowest BCUT2D eigenvalue weighted by Crippen LogP contribution is -2.26. The summed E-state index contributed by atoms with van der Waals surface area (Å²) in [5, 5.41) is 2.87. The van der Waals surface area contributed by atoms with E-state index in [0.717, 1.165) is 16.9 Å². The van der Waals surface area contributed by atoms with Crippen LogP contribution in [0.1, 0.15) is 16.2 Å². The van der Waals surface area contributed by atoms with Crippen LogP contribution < -0.4 is 5.32 Å². The van der Waals surface area contributed by atoms with Gasteiger partial charge in [0.2, 0.25) is 0 Å². The number of para-hydroxylation sites is 2. The Balaban J connectivity index is 1.59. The molecule has 1 aromatic carbocycles. The Bertz CT molecular complexity index is 751. The number of nitrogens with zero attached hydrogens (tertiary/aromatic N) is 2. The van der Waals surface area contributed by atoms with Crippen LogP contribution in [0.25, 0.3) is 11.0 Å². The maximum atomic E-state index is 12.0. The smallest absolute Gasteiger partial charge is 0.251 e. The van der Waals surface area contributed by atoms with E-state index in [1.54, 1.807) is 18.3 Å². The SMILES string of the molecule is O=C(NCCc1nc2ccccc2[nH]1)c1ccnc(Br)c1. The van der Waals surface area contributed by atoms with E-state index in [9.17, 15) is 4.79 Å². The monoisotopic (exact) mass is 344 g/mol. The number of pyridine rings is 1. The van der Waals surface area contributed by atoms with Crippen molar-refractivity contribution in [1.82, 2.24) is 20.3 Å². The van der Waals surface area contributed by atoms with Crippen molar-refractivity contribution in [3.8, 4) is 0 Å². The van der Waals surface area contributed by atoms with Crippen molar-refractivity contribution >= 4 is 32.9 Å². The largest absolute Gasteiger partial charge is 0.352 e. The normalized spacial score (nSPS) is 10.7. The van der Waals surface area contributed by atoms with E-state index in [-0.39, 0.29) is 5.91 Å². The Labute approximate surface area is 129 Å². The van der Waals surface area contributed by atoms with Crippen molar-refractivity contribution in [2.45, 2.75) is 6.42 Å². The van der Waals surface area contributed by atoms with E-state index in [2.05, 4.69) is 36.2 Å². The lowest BCUT2D eigenvalue weighted by Gasteiger charge is -2.04. The van der Waals surface area contributed by atoms with Gasteiger partial charge in [0.05, 0.1) is 11.0 Å². The molecule has 0 aliphatic rings. The van der Waals surface area contributed by atoms with Crippen LogP contribution in [-0.2, 0) is 6.42 Å². The Morgan fingerprint density at radius 1 is 1.29 bits per heavy atom. The highest BCUT2D eigenvalue weighted by atomic mass is 79.9. The minimum atomic E-state index is -0.116. The topological polar surface area (TPSA) is 70.7 Å². The van der Waals surface area contributed by atoms with Crippen LogP contribution in [0.15, 0.2) is 47.2 Å². The zero-order valence-electron chi connectivity index (χ0n) is 11.1. The summed E-state index contributed by atoms with van der Waals surface area (Å²) in [4.78, 5) is 23.7. The molecule has 1 amide bonds. The Hall–Kier alpha value is -2.21. The summed E-state index contributed by atoms with van der Waals surface area (Å²) in [5.41, 5.74) is 2.54. The molecule has 0 saturated heterocycles. The van der Waals surface area contributed by atoms with Crippen LogP contribution in [-0.4, -0.2) is 27.4 Å². The standard InChI is InChI=1S/C15H13BrN4O/c16-13-9-10(5-7-17-13)15(21)18-8-6-14-19-11-3-1-2-4-12(11)20-14/h1-5,7,9H,6,8H2,(H,18,21)(H,19,20). The van der Waals surface area contributed by atoms with Crippen LogP contribution >= 0.6 is 15.9 Å². The first kappa shape index (κ1) is 13.8. The molecule has 21 heavy (non-hydrogen) atoms. The van der Waals surface area contributed by atoms with E-state index in [4.69, 9.17) is 0 Å². The molecule has 0 aliphatic carbocycles. The van der Waals surface area contributed by atoms with Crippen molar-refractivity contribution < 1.29 is 4.79 Å². The number of halogens is 1. The Kier molecular flexibility index (Phi) is 3.96. The van der Waals surface area contributed by atoms with Gasteiger partial charge in [0.1, 0.15) is 10.4 Å². The van der Waals surface area contributed by atoms with Gasteiger partial charge in [-0.05, 0) is 40.2 Å². The molecule has 0 spiro atoms. The number of benzene rings is 1. The van der Waals surface area contributed by atoms with E-state index in [1.807, 2.05) is 24.3 Å². The predicted molar refractivity (Wildman–Crippen MR) is 84.1 cm³/mol. The van der Waals surface area contributed by atoms with Crippen LogP contribution in [0.4, 0.5) is 0 Å². The first-order valence-corrected chi connectivity index (χ1v) is 7.35. The molecule has 3 aromatic rings. The number of nitrogens with one attached hydrogen (secondary N) is 2. The van der Waals surface area contributed by atoms with Gasteiger partial charge in [-0.25, -0.2) is 9.97 Å². The Morgan fingerprint density at radius 2 is 2.14 bits per heavy atom. The summed E-state index contributed by atoms with van der Waals surface area (Å²) in [6.07, 6.45) is 2.25. The molecular weight excluding hydrogens is 332 g/mol. The third-order valence-electron chi connectivity index (χ3n) is 3.07. The number of fused-ring (bicyclic) bond motifs is 1. The molecule has 0 atom stereocenters. The fourth-order valence-electron chi connectivity index (χ4n) is 2.06. The van der Waals surface area contributed by atoms with Crippen molar-refractivity contribution in [3.05, 3.63) is 58.6 Å². The van der Waals surface area contributed by atoms with Crippen molar-refractivity contribution in [2.24, 2.45) is 0 Å². The highest BCUT2D eigenvalue weighted by Gasteiger charge is 2.07. The van der Waals surface area contributed by atoms with Gasteiger partial charge in [-0.15, -0.1) is 0 Å². The average Bonchev–Trinajstić information content (AvgIpc) is 2.89. The molecule has 0 saturated carbocycles. The molecule has 0 aliphatic heterocycles. The lowest BCUT2D eigenvalue weighted by atomic mass is 10.2. The third kappa shape index (κ3) is 3.28. The molecule has 6 heteroatoms. The lowest BCUT2D eigenvalue weighted by molar-refractivity contribution is 0.0954. The van der Waals surface area contributed by atoms with Crippen molar-refractivity contribution in [3.63, 3.8) is 0 Å². The zero-order chi connectivity index (χ0) is 14.7. The molecule has 0 radical (unpaired) electrons. The minimum absolute atomic E-state index is 0.116. The summed E-state index contributed by atoms with van der Waals surface area (Å²) < 4.78 is 0.646. The summed E-state index contributed by atoms with van der Waals surface area (Å²) >= 11 is 3.25. The number of carbonyl (C=O) groups is 1. The highest BCUT2D eigenvalue weighted by Crippen LogP contribution is 2.10. The van der Waals surface area contributed by atoms with Crippen LogP contribution in [0, 0.1) is 0 Å². The van der Waals surface area contributed by atoms with Gasteiger partial charge >= 0.3 is 0 Å². The quantitative estimate of drug-likeness (QED) is 0.715. The predicted octanol–water partition coefficient (Wildman–Crippen LogP) is 2.69. The van der Waals surface area contributed by atoms with Crippen LogP contribution in [0.3, 0.4) is 0 Å². The number of aromatic nitrogens is 3. The average molecular weight is 345 g/mol. The van der Waals surface area contributed by atoms with E-state index >= 15 is 0 Å².